The van der Waals surface area contributed by atoms with Gasteiger partial charge >= 0.3 is 6.03 Å². The summed E-state index contributed by atoms with van der Waals surface area (Å²) in [4.78, 5) is 37.6. The van der Waals surface area contributed by atoms with Crippen LogP contribution in [0, 0.1) is 29.1 Å². The van der Waals surface area contributed by atoms with Gasteiger partial charge in [0.2, 0.25) is 5.75 Å². The Morgan fingerprint density at radius 1 is 0.976 bits per heavy atom. The second-order valence-corrected chi connectivity index (χ2v) is 11.0. The molecule has 10 nitrogen and oxygen atoms in total. The standard InChI is InChI=1S/C32H32N6O4/c33-17-25-15-27(16-25)38-29(20-37(32(38)41)19-28-30(39)31(40)35-21-34-28)26-9-7-23(8-10-26)2-1-22-3-5-24(6-4-22)18-36-11-13-42-14-12-36/h3-10,21,25,27,29,39H,11-16,18-20H2,(H,34,35,40). The van der Waals surface area contributed by atoms with Gasteiger partial charge in [0.25, 0.3) is 5.56 Å². The lowest BCUT2D eigenvalue weighted by Gasteiger charge is -2.40. The van der Waals surface area contributed by atoms with Crippen molar-refractivity contribution in [2.75, 3.05) is 32.8 Å². The number of rotatable bonds is 6. The molecule has 3 aromatic rings. The summed E-state index contributed by atoms with van der Waals surface area (Å²) in [5.74, 6) is 5.94. The molecular weight excluding hydrogens is 532 g/mol. The summed E-state index contributed by atoms with van der Waals surface area (Å²) < 4.78 is 5.43. The molecule has 1 unspecified atom stereocenters. The Labute approximate surface area is 244 Å². The third-order valence-corrected chi connectivity index (χ3v) is 8.27. The molecule has 3 aliphatic rings. The van der Waals surface area contributed by atoms with Crippen LogP contribution in [-0.2, 0) is 17.8 Å². The molecule has 0 bridgehead atoms. The number of hydrogen-bond donors (Lipinski definition) is 2. The van der Waals surface area contributed by atoms with Crippen LogP contribution in [0.1, 0.15) is 46.8 Å². The van der Waals surface area contributed by atoms with Gasteiger partial charge in [-0.1, -0.05) is 36.1 Å². The van der Waals surface area contributed by atoms with Gasteiger partial charge in [-0.15, -0.1) is 0 Å². The van der Waals surface area contributed by atoms with Gasteiger partial charge in [0, 0.05) is 43.3 Å². The summed E-state index contributed by atoms with van der Waals surface area (Å²) in [7, 11) is 0. The highest BCUT2D eigenvalue weighted by Gasteiger charge is 2.46. The van der Waals surface area contributed by atoms with Crippen LogP contribution in [0.25, 0.3) is 0 Å². The normalized spacial score (nSPS) is 22.3. The minimum Gasteiger partial charge on any atom is -0.502 e. The van der Waals surface area contributed by atoms with Gasteiger partial charge in [-0.3, -0.25) is 9.69 Å². The second kappa shape index (κ2) is 12.1. The molecule has 2 N–H and O–H groups in total. The fourth-order valence-corrected chi connectivity index (χ4v) is 5.77. The number of nitrogens with zero attached hydrogens (tertiary/aromatic N) is 5. The molecule has 2 aromatic carbocycles. The van der Waals surface area contributed by atoms with Crippen molar-refractivity contribution in [2.24, 2.45) is 5.92 Å². The molecule has 1 atom stereocenters. The molecule has 42 heavy (non-hydrogen) atoms. The molecule has 3 fully saturated rings. The van der Waals surface area contributed by atoms with E-state index < -0.39 is 11.3 Å². The Bertz CT molecular complexity index is 1590. The number of carbonyl (C=O) groups excluding carboxylic acids is 1. The molecular formula is C32H32N6O4. The third-order valence-electron chi connectivity index (χ3n) is 8.27. The van der Waals surface area contributed by atoms with E-state index in [1.165, 1.54) is 11.9 Å². The molecule has 2 aliphatic heterocycles. The number of amides is 2. The molecule has 3 heterocycles. The number of aromatic amines is 1. The highest BCUT2D eigenvalue weighted by Crippen LogP contribution is 2.41. The quantitative estimate of drug-likeness (QED) is 0.441. The fraction of sp³-hybridized carbons (Fsp3) is 0.375. The molecule has 214 valence electrons. The number of aromatic nitrogens is 2. The maximum Gasteiger partial charge on any atom is 0.321 e. The highest BCUT2D eigenvalue weighted by atomic mass is 16.5. The zero-order valence-electron chi connectivity index (χ0n) is 23.2. The van der Waals surface area contributed by atoms with Gasteiger partial charge in [-0.05, 0) is 48.2 Å². The third kappa shape index (κ3) is 5.87. The van der Waals surface area contributed by atoms with E-state index >= 15 is 0 Å². The van der Waals surface area contributed by atoms with Crippen molar-refractivity contribution >= 4 is 6.03 Å². The molecule has 0 spiro atoms. The number of urea groups is 1. The van der Waals surface area contributed by atoms with Crippen molar-refractivity contribution < 1.29 is 14.6 Å². The van der Waals surface area contributed by atoms with Gasteiger partial charge in [0.1, 0.15) is 5.69 Å². The molecule has 10 heteroatoms. The smallest absolute Gasteiger partial charge is 0.321 e. The Balaban J connectivity index is 1.15. The lowest BCUT2D eigenvalue weighted by Crippen LogP contribution is -2.47. The number of morpholine rings is 1. The summed E-state index contributed by atoms with van der Waals surface area (Å²) in [5, 5.41) is 19.4. The topological polar surface area (TPSA) is 126 Å². The summed E-state index contributed by atoms with van der Waals surface area (Å²) in [5.41, 5.74) is 3.55. The van der Waals surface area contributed by atoms with Gasteiger partial charge in [-0.25, -0.2) is 9.78 Å². The largest absolute Gasteiger partial charge is 0.502 e. The van der Waals surface area contributed by atoms with Gasteiger partial charge in [-0.2, -0.15) is 5.26 Å². The number of H-pyrrole nitrogens is 1. The number of nitrogens with one attached hydrogen (secondary N) is 1. The lowest BCUT2D eigenvalue weighted by molar-refractivity contribution is 0.0342. The minimum atomic E-state index is -0.642. The van der Waals surface area contributed by atoms with E-state index in [2.05, 4.69) is 44.9 Å². The van der Waals surface area contributed by atoms with Crippen molar-refractivity contribution in [3.63, 3.8) is 0 Å². The second-order valence-electron chi connectivity index (χ2n) is 11.0. The van der Waals surface area contributed by atoms with Crippen LogP contribution in [0.4, 0.5) is 4.79 Å². The maximum absolute atomic E-state index is 13.5. The fourth-order valence-electron chi connectivity index (χ4n) is 5.77. The number of nitriles is 1. The molecule has 0 radical (unpaired) electrons. The summed E-state index contributed by atoms with van der Waals surface area (Å²) in [6.07, 6.45) is 2.49. The molecule has 1 aliphatic carbocycles. The number of carbonyl (C=O) groups is 1. The zero-order valence-corrected chi connectivity index (χ0v) is 23.2. The van der Waals surface area contributed by atoms with Crippen molar-refractivity contribution in [2.45, 2.75) is 38.0 Å². The number of aromatic hydroxyl groups is 1. The van der Waals surface area contributed by atoms with Crippen LogP contribution in [0.15, 0.2) is 59.7 Å². The van der Waals surface area contributed by atoms with Crippen molar-refractivity contribution in [1.82, 2.24) is 24.7 Å². The van der Waals surface area contributed by atoms with Gasteiger partial charge in [0.15, 0.2) is 0 Å². The Morgan fingerprint density at radius 3 is 2.31 bits per heavy atom. The van der Waals surface area contributed by atoms with E-state index in [-0.39, 0.29) is 36.3 Å². The molecule has 2 amide bonds. The Hall–Kier alpha value is -4.64. The average Bonchev–Trinajstić information content (AvgIpc) is 3.30. The first-order chi connectivity index (χ1) is 20.5. The Kier molecular flexibility index (Phi) is 7.91. The van der Waals surface area contributed by atoms with Crippen molar-refractivity contribution in [3.8, 4) is 23.7 Å². The SMILES string of the molecule is N#CC1CC(N2C(=O)N(Cc3nc[nH]c(=O)c3O)CC2c2ccc(C#Cc3ccc(CN4CCOCC4)cc3)cc2)C1. The number of hydrogen-bond acceptors (Lipinski definition) is 7. The Morgan fingerprint density at radius 2 is 1.64 bits per heavy atom. The first-order valence-corrected chi connectivity index (χ1v) is 14.2. The molecule has 6 rings (SSSR count). The van der Waals surface area contributed by atoms with E-state index in [1.807, 2.05) is 41.3 Å². The van der Waals surface area contributed by atoms with Crippen LogP contribution in [0.2, 0.25) is 0 Å². The van der Waals surface area contributed by atoms with Crippen LogP contribution in [-0.4, -0.2) is 74.7 Å². The number of benzene rings is 2. The van der Waals surface area contributed by atoms with Crippen LogP contribution in [0.3, 0.4) is 0 Å². The van der Waals surface area contributed by atoms with Crippen molar-refractivity contribution in [3.05, 3.63) is 93.2 Å². The average molecular weight is 565 g/mol. The predicted octanol–water partition coefficient (Wildman–Crippen LogP) is 2.99. The van der Waals surface area contributed by atoms with E-state index in [1.54, 1.807) is 4.90 Å². The van der Waals surface area contributed by atoms with Crippen LogP contribution < -0.4 is 5.56 Å². The van der Waals surface area contributed by atoms with Crippen LogP contribution in [0.5, 0.6) is 5.75 Å². The first kappa shape index (κ1) is 27.5. The van der Waals surface area contributed by atoms with E-state index in [9.17, 15) is 20.0 Å². The minimum absolute atomic E-state index is 0.0186. The maximum atomic E-state index is 13.5. The first-order valence-electron chi connectivity index (χ1n) is 14.2. The summed E-state index contributed by atoms with van der Waals surface area (Å²) in [6, 6.07) is 18.1. The summed E-state index contributed by atoms with van der Waals surface area (Å²) in [6.45, 7) is 4.80. The van der Waals surface area contributed by atoms with E-state index in [0.717, 1.165) is 49.5 Å². The molecule has 1 saturated carbocycles. The van der Waals surface area contributed by atoms with Crippen LogP contribution >= 0.6 is 0 Å². The summed E-state index contributed by atoms with van der Waals surface area (Å²) >= 11 is 0. The van der Waals surface area contributed by atoms with Crippen molar-refractivity contribution in [1.29, 1.82) is 5.26 Å². The number of ether oxygens (including phenoxy) is 1. The lowest BCUT2D eigenvalue weighted by atomic mass is 9.80. The molecule has 2 saturated heterocycles. The predicted molar refractivity (Wildman–Crippen MR) is 154 cm³/mol. The zero-order chi connectivity index (χ0) is 29.1. The molecule has 1 aromatic heterocycles. The van der Waals surface area contributed by atoms with Gasteiger partial charge < -0.3 is 24.6 Å². The monoisotopic (exact) mass is 564 g/mol. The van der Waals surface area contributed by atoms with Gasteiger partial charge in [0.05, 0.1) is 44.1 Å². The van der Waals surface area contributed by atoms with E-state index in [0.29, 0.717) is 19.4 Å². The highest BCUT2D eigenvalue weighted by molar-refractivity contribution is 5.78. The van der Waals surface area contributed by atoms with E-state index in [4.69, 9.17) is 4.74 Å².